The zero-order valence-corrected chi connectivity index (χ0v) is 13.5. The first kappa shape index (κ1) is 14.9. The van der Waals surface area contributed by atoms with Crippen LogP contribution in [0, 0.1) is 6.92 Å². The largest absolute Gasteiger partial charge is 0.312 e. The molecule has 19 heavy (non-hydrogen) atoms. The highest BCUT2D eigenvalue weighted by Gasteiger charge is 2.07. The van der Waals surface area contributed by atoms with Crippen LogP contribution in [0.1, 0.15) is 22.5 Å². The molecule has 1 aromatic carbocycles. The molecule has 0 amide bonds. The lowest BCUT2D eigenvalue weighted by Crippen LogP contribution is -2.11. The smallest absolute Gasteiger partial charge is 0.103 e. The fourth-order valence-electron chi connectivity index (χ4n) is 1.63. The molecule has 2 rings (SSSR count). The highest BCUT2D eigenvalue weighted by Crippen LogP contribution is 2.27. The maximum atomic E-state index is 5.87. The number of hydrogen-bond acceptors (Lipinski definition) is 4. The monoisotopic (exact) mass is 312 g/mol. The first-order chi connectivity index (χ1) is 9.19. The first-order valence-corrected chi connectivity index (χ1v) is 8.41. The van der Waals surface area contributed by atoms with E-state index < -0.39 is 0 Å². The average molecular weight is 313 g/mol. The van der Waals surface area contributed by atoms with Crippen molar-refractivity contribution in [1.82, 2.24) is 10.3 Å². The van der Waals surface area contributed by atoms with Gasteiger partial charge in [-0.05, 0) is 37.7 Å². The van der Waals surface area contributed by atoms with E-state index in [1.807, 2.05) is 24.3 Å². The van der Waals surface area contributed by atoms with E-state index in [2.05, 4.69) is 24.1 Å². The van der Waals surface area contributed by atoms with E-state index >= 15 is 0 Å². The molecule has 1 N–H and O–H groups in total. The van der Waals surface area contributed by atoms with Crippen LogP contribution in [0.25, 0.3) is 0 Å². The molecule has 0 radical (unpaired) electrons. The fourth-order valence-corrected chi connectivity index (χ4v) is 3.68. The molecule has 0 atom stereocenters. The van der Waals surface area contributed by atoms with Crippen molar-refractivity contribution in [3.8, 4) is 0 Å². The SMILES string of the molecule is CCNCc1sc(CSc2ccc(Cl)cc2)nc1C. The minimum Gasteiger partial charge on any atom is -0.312 e. The van der Waals surface area contributed by atoms with Gasteiger partial charge in [0.1, 0.15) is 5.01 Å². The van der Waals surface area contributed by atoms with Crippen LogP contribution in [0.3, 0.4) is 0 Å². The van der Waals surface area contributed by atoms with Crippen LogP contribution in [0.15, 0.2) is 29.2 Å². The highest BCUT2D eigenvalue weighted by atomic mass is 35.5. The molecule has 0 aliphatic heterocycles. The molecule has 0 unspecified atom stereocenters. The van der Waals surface area contributed by atoms with Crippen LogP contribution in [0.5, 0.6) is 0 Å². The van der Waals surface area contributed by atoms with E-state index in [-0.39, 0.29) is 0 Å². The second kappa shape index (κ2) is 7.29. The van der Waals surface area contributed by atoms with Gasteiger partial charge in [-0.15, -0.1) is 23.1 Å². The Labute approximate surface area is 127 Å². The van der Waals surface area contributed by atoms with E-state index in [0.29, 0.717) is 0 Å². The average Bonchev–Trinajstić information content (AvgIpc) is 2.76. The van der Waals surface area contributed by atoms with Crippen molar-refractivity contribution in [2.75, 3.05) is 6.54 Å². The predicted octanol–water partition coefficient (Wildman–Crippen LogP) is 4.51. The van der Waals surface area contributed by atoms with Gasteiger partial charge in [0.25, 0.3) is 0 Å². The van der Waals surface area contributed by atoms with Gasteiger partial charge < -0.3 is 5.32 Å². The summed E-state index contributed by atoms with van der Waals surface area (Å²) in [5, 5.41) is 5.31. The standard InChI is InChI=1S/C14H17ClN2S2/c1-3-16-8-13-10(2)17-14(19-13)9-18-12-6-4-11(15)5-7-12/h4-7,16H,3,8-9H2,1-2H3. The third kappa shape index (κ3) is 4.49. The topological polar surface area (TPSA) is 24.9 Å². The summed E-state index contributed by atoms with van der Waals surface area (Å²) < 4.78 is 0. The number of aromatic nitrogens is 1. The van der Waals surface area contributed by atoms with Gasteiger partial charge in [-0.1, -0.05) is 18.5 Å². The summed E-state index contributed by atoms with van der Waals surface area (Å²) in [5.41, 5.74) is 1.15. The van der Waals surface area contributed by atoms with Gasteiger partial charge in [-0.3, -0.25) is 0 Å². The third-order valence-electron chi connectivity index (χ3n) is 2.65. The van der Waals surface area contributed by atoms with Gasteiger partial charge in [0, 0.05) is 21.3 Å². The molecule has 1 aromatic heterocycles. The molecular weight excluding hydrogens is 296 g/mol. The van der Waals surface area contributed by atoms with Crippen molar-refractivity contribution < 1.29 is 0 Å². The summed E-state index contributed by atoms with van der Waals surface area (Å²) in [6.45, 7) is 6.12. The first-order valence-electron chi connectivity index (χ1n) is 6.23. The zero-order chi connectivity index (χ0) is 13.7. The summed E-state index contributed by atoms with van der Waals surface area (Å²) in [6, 6.07) is 7.95. The maximum Gasteiger partial charge on any atom is 0.103 e. The summed E-state index contributed by atoms with van der Waals surface area (Å²) in [4.78, 5) is 7.20. The van der Waals surface area contributed by atoms with Crippen molar-refractivity contribution >= 4 is 34.7 Å². The number of rotatable bonds is 6. The van der Waals surface area contributed by atoms with Crippen molar-refractivity contribution in [3.63, 3.8) is 0 Å². The van der Waals surface area contributed by atoms with Gasteiger partial charge in [0.05, 0.1) is 11.4 Å². The Morgan fingerprint density at radius 3 is 2.74 bits per heavy atom. The lowest BCUT2D eigenvalue weighted by molar-refractivity contribution is 0.731. The van der Waals surface area contributed by atoms with Gasteiger partial charge in [-0.2, -0.15) is 0 Å². The number of thioether (sulfide) groups is 1. The Bertz CT molecular complexity index is 523. The van der Waals surface area contributed by atoms with E-state index in [0.717, 1.165) is 29.6 Å². The Balaban J connectivity index is 1.94. The van der Waals surface area contributed by atoms with Crippen molar-refractivity contribution in [1.29, 1.82) is 0 Å². The number of benzene rings is 1. The van der Waals surface area contributed by atoms with Crippen LogP contribution in [-0.2, 0) is 12.3 Å². The fraction of sp³-hybridized carbons (Fsp3) is 0.357. The third-order valence-corrected chi connectivity index (χ3v) is 5.26. The van der Waals surface area contributed by atoms with Crippen LogP contribution >= 0.6 is 34.7 Å². The summed E-state index contributed by atoms with van der Waals surface area (Å²) in [5.74, 6) is 0.916. The number of nitrogens with zero attached hydrogens (tertiary/aromatic N) is 1. The van der Waals surface area contributed by atoms with Crippen molar-refractivity contribution in [3.05, 3.63) is 44.9 Å². The molecule has 0 saturated heterocycles. The number of aryl methyl sites for hydroxylation is 1. The molecule has 5 heteroatoms. The predicted molar refractivity (Wildman–Crippen MR) is 85.2 cm³/mol. The van der Waals surface area contributed by atoms with Crippen molar-refractivity contribution in [2.24, 2.45) is 0 Å². The van der Waals surface area contributed by atoms with Crippen LogP contribution in [0.2, 0.25) is 5.02 Å². The molecule has 0 saturated carbocycles. The number of nitrogens with one attached hydrogen (secondary N) is 1. The van der Waals surface area contributed by atoms with Gasteiger partial charge >= 0.3 is 0 Å². The Kier molecular flexibility index (Phi) is 5.70. The van der Waals surface area contributed by atoms with Gasteiger partial charge in [0.2, 0.25) is 0 Å². The lowest BCUT2D eigenvalue weighted by Gasteiger charge is -1.99. The number of hydrogen-bond donors (Lipinski definition) is 1. The summed E-state index contributed by atoms with van der Waals surface area (Å²) in [6.07, 6.45) is 0. The molecule has 1 heterocycles. The molecule has 0 spiro atoms. The molecule has 2 aromatic rings. The normalized spacial score (nSPS) is 10.9. The molecule has 0 aliphatic carbocycles. The van der Waals surface area contributed by atoms with E-state index in [9.17, 15) is 0 Å². The molecule has 2 nitrogen and oxygen atoms in total. The molecular formula is C14H17ClN2S2. The maximum absolute atomic E-state index is 5.87. The van der Waals surface area contributed by atoms with Crippen LogP contribution in [0.4, 0.5) is 0 Å². The second-order valence-corrected chi connectivity index (χ2v) is 6.79. The minimum atomic E-state index is 0.780. The summed E-state index contributed by atoms with van der Waals surface area (Å²) in [7, 11) is 0. The van der Waals surface area contributed by atoms with E-state index in [1.165, 1.54) is 14.8 Å². The lowest BCUT2D eigenvalue weighted by atomic mass is 10.4. The second-order valence-electron chi connectivity index (χ2n) is 4.14. The molecule has 102 valence electrons. The van der Waals surface area contributed by atoms with Crippen molar-refractivity contribution in [2.45, 2.75) is 31.0 Å². The Hall–Kier alpha value is -0.550. The molecule has 0 aliphatic rings. The van der Waals surface area contributed by atoms with Gasteiger partial charge in [-0.25, -0.2) is 4.98 Å². The number of halogens is 1. The molecule has 0 bridgehead atoms. The van der Waals surface area contributed by atoms with Gasteiger partial charge in [0.15, 0.2) is 0 Å². The van der Waals surface area contributed by atoms with Crippen LogP contribution < -0.4 is 5.32 Å². The highest BCUT2D eigenvalue weighted by molar-refractivity contribution is 7.98. The van der Waals surface area contributed by atoms with Crippen LogP contribution in [-0.4, -0.2) is 11.5 Å². The Morgan fingerprint density at radius 2 is 2.05 bits per heavy atom. The quantitative estimate of drug-likeness (QED) is 0.795. The minimum absolute atomic E-state index is 0.780. The summed E-state index contributed by atoms with van der Waals surface area (Å²) >= 11 is 9.47. The zero-order valence-electron chi connectivity index (χ0n) is 11.1. The number of thiazole rings is 1. The van der Waals surface area contributed by atoms with E-state index in [1.54, 1.807) is 23.1 Å². The van der Waals surface area contributed by atoms with E-state index in [4.69, 9.17) is 11.6 Å². The molecule has 0 fully saturated rings. The Morgan fingerprint density at radius 1 is 1.32 bits per heavy atom.